The number of hydrogen-bond donors (Lipinski definition) is 1. The summed E-state index contributed by atoms with van der Waals surface area (Å²) in [5.41, 5.74) is 3.61. The number of sulfonamides is 1. The van der Waals surface area contributed by atoms with Crippen molar-refractivity contribution in [3.63, 3.8) is 0 Å². The molecule has 2 aromatic rings. The summed E-state index contributed by atoms with van der Waals surface area (Å²) in [5.74, 6) is 0.190. The van der Waals surface area contributed by atoms with Crippen molar-refractivity contribution in [3.05, 3.63) is 65.2 Å². The topological polar surface area (TPSA) is 66.5 Å². The highest BCUT2D eigenvalue weighted by molar-refractivity contribution is 7.89. The summed E-state index contributed by atoms with van der Waals surface area (Å²) >= 11 is 0. The molecule has 5 nitrogen and oxygen atoms in total. The standard InChI is InChI=1S/C22H28N2O3S/c1-18-10-12-21(13-11-18)28(26,27)23-15-6-2-3-9-22(25)24-16-14-19-7-4-5-8-20(19)17-24/h4-5,7-8,10-13,23H,2-3,6,9,14-17H2,1H3. The Morgan fingerprint density at radius 1 is 1.00 bits per heavy atom. The number of carbonyl (C=O) groups is 1. The number of nitrogens with zero attached hydrogens (tertiary/aromatic N) is 1. The maximum atomic E-state index is 12.4. The lowest BCUT2D eigenvalue weighted by Crippen LogP contribution is -2.35. The van der Waals surface area contributed by atoms with Gasteiger partial charge in [0, 0.05) is 26.1 Å². The monoisotopic (exact) mass is 400 g/mol. The van der Waals surface area contributed by atoms with E-state index in [0.29, 0.717) is 24.4 Å². The van der Waals surface area contributed by atoms with E-state index < -0.39 is 10.0 Å². The minimum Gasteiger partial charge on any atom is -0.338 e. The van der Waals surface area contributed by atoms with Crippen molar-refractivity contribution in [3.8, 4) is 0 Å². The minimum absolute atomic E-state index is 0.190. The molecule has 0 fully saturated rings. The minimum atomic E-state index is -3.45. The molecule has 0 atom stereocenters. The largest absolute Gasteiger partial charge is 0.338 e. The predicted molar refractivity (Wildman–Crippen MR) is 110 cm³/mol. The summed E-state index contributed by atoms with van der Waals surface area (Å²) in [4.78, 5) is 14.7. The van der Waals surface area contributed by atoms with Gasteiger partial charge in [-0.25, -0.2) is 13.1 Å². The van der Waals surface area contributed by atoms with Crippen LogP contribution in [0, 0.1) is 6.92 Å². The van der Waals surface area contributed by atoms with Crippen LogP contribution >= 0.6 is 0 Å². The Hall–Kier alpha value is -2.18. The number of hydrogen-bond acceptors (Lipinski definition) is 3. The first-order chi connectivity index (χ1) is 13.5. The first-order valence-electron chi connectivity index (χ1n) is 9.86. The average molecular weight is 401 g/mol. The molecular formula is C22H28N2O3S. The van der Waals surface area contributed by atoms with E-state index in [4.69, 9.17) is 0 Å². The summed E-state index contributed by atoms with van der Waals surface area (Å²) in [5, 5.41) is 0. The van der Waals surface area contributed by atoms with Gasteiger partial charge in [0.05, 0.1) is 4.90 Å². The normalized spacial score (nSPS) is 14.0. The number of amides is 1. The highest BCUT2D eigenvalue weighted by Crippen LogP contribution is 2.19. The molecule has 0 saturated heterocycles. The molecule has 1 heterocycles. The summed E-state index contributed by atoms with van der Waals surface area (Å²) in [6.45, 7) is 3.80. The van der Waals surface area contributed by atoms with Crippen LogP contribution < -0.4 is 4.72 Å². The van der Waals surface area contributed by atoms with Gasteiger partial charge in [-0.15, -0.1) is 0 Å². The smallest absolute Gasteiger partial charge is 0.240 e. The van der Waals surface area contributed by atoms with Gasteiger partial charge in [-0.3, -0.25) is 4.79 Å². The molecule has 2 aromatic carbocycles. The second-order valence-corrected chi connectivity index (χ2v) is 9.12. The van der Waals surface area contributed by atoms with Gasteiger partial charge in [0.1, 0.15) is 0 Å². The van der Waals surface area contributed by atoms with E-state index in [2.05, 4.69) is 16.9 Å². The van der Waals surface area contributed by atoms with Crippen LogP contribution in [0.2, 0.25) is 0 Å². The Labute approximate surface area is 167 Å². The molecule has 0 saturated carbocycles. The Kier molecular flexibility index (Phi) is 6.86. The van der Waals surface area contributed by atoms with Gasteiger partial charge in [0.15, 0.2) is 0 Å². The summed E-state index contributed by atoms with van der Waals surface area (Å²) in [7, 11) is -3.45. The van der Waals surface area contributed by atoms with Crippen LogP contribution in [0.1, 0.15) is 42.4 Å². The van der Waals surface area contributed by atoms with Gasteiger partial charge in [-0.05, 0) is 49.4 Å². The number of aryl methyl sites for hydroxylation is 1. The van der Waals surface area contributed by atoms with Gasteiger partial charge >= 0.3 is 0 Å². The SMILES string of the molecule is Cc1ccc(S(=O)(=O)NCCCCCC(=O)N2CCc3ccccc3C2)cc1. The summed E-state index contributed by atoms with van der Waals surface area (Å²) in [6.07, 6.45) is 3.77. The molecule has 0 aliphatic carbocycles. The molecule has 0 spiro atoms. The third kappa shape index (κ3) is 5.42. The van der Waals surface area contributed by atoms with Gasteiger partial charge < -0.3 is 4.90 Å². The van der Waals surface area contributed by atoms with Crippen molar-refractivity contribution >= 4 is 15.9 Å². The molecule has 1 N–H and O–H groups in total. The van der Waals surface area contributed by atoms with Crippen molar-refractivity contribution in [1.29, 1.82) is 0 Å². The first kappa shape index (κ1) is 20.6. The predicted octanol–water partition coefficient (Wildman–Crippen LogP) is 3.42. The lowest BCUT2D eigenvalue weighted by atomic mass is 9.99. The molecule has 1 aliphatic heterocycles. The first-order valence-corrected chi connectivity index (χ1v) is 11.3. The maximum Gasteiger partial charge on any atom is 0.240 e. The zero-order chi connectivity index (χ0) is 20.0. The molecule has 0 unspecified atom stereocenters. The number of unbranched alkanes of at least 4 members (excludes halogenated alkanes) is 2. The van der Waals surface area contributed by atoms with Gasteiger partial charge in [-0.1, -0.05) is 48.4 Å². The zero-order valence-electron chi connectivity index (χ0n) is 16.4. The summed E-state index contributed by atoms with van der Waals surface area (Å²) in [6, 6.07) is 15.1. The molecule has 3 rings (SSSR count). The highest BCUT2D eigenvalue weighted by Gasteiger charge is 2.19. The fourth-order valence-electron chi connectivity index (χ4n) is 3.45. The molecule has 0 aromatic heterocycles. The lowest BCUT2D eigenvalue weighted by Gasteiger charge is -2.29. The fourth-order valence-corrected chi connectivity index (χ4v) is 4.53. The number of nitrogens with one attached hydrogen (secondary N) is 1. The molecule has 1 amide bonds. The van der Waals surface area contributed by atoms with E-state index in [1.165, 1.54) is 11.1 Å². The van der Waals surface area contributed by atoms with E-state index in [0.717, 1.165) is 37.8 Å². The third-order valence-corrected chi connectivity index (χ3v) is 6.65. The molecule has 0 radical (unpaired) electrons. The number of carbonyl (C=O) groups excluding carboxylic acids is 1. The van der Waals surface area contributed by atoms with Crippen LogP contribution in [-0.4, -0.2) is 32.3 Å². The van der Waals surface area contributed by atoms with Gasteiger partial charge in [-0.2, -0.15) is 0 Å². The molecule has 150 valence electrons. The van der Waals surface area contributed by atoms with Crippen LogP contribution in [0.15, 0.2) is 53.4 Å². The van der Waals surface area contributed by atoms with E-state index in [-0.39, 0.29) is 5.91 Å². The zero-order valence-corrected chi connectivity index (χ0v) is 17.2. The molecule has 28 heavy (non-hydrogen) atoms. The van der Waals surface area contributed by atoms with Crippen molar-refractivity contribution in [2.45, 2.75) is 50.5 Å². The Bertz CT molecular complexity index is 908. The fraction of sp³-hybridized carbons (Fsp3) is 0.409. The molecule has 1 aliphatic rings. The van der Waals surface area contributed by atoms with Gasteiger partial charge in [0.25, 0.3) is 0 Å². The lowest BCUT2D eigenvalue weighted by molar-refractivity contribution is -0.132. The quantitative estimate of drug-likeness (QED) is 0.691. The summed E-state index contributed by atoms with van der Waals surface area (Å²) < 4.78 is 27.1. The van der Waals surface area contributed by atoms with E-state index in [1.807, 2.05) is 24.0 Å². The highest BCUT2D eigenvalue weighted by atomic mass is 32.2. The van der Waals surface area contributed by atoms with Crippen molar-refractivity contribution < 1.29 is 13.2 Å². The number of benzene rings is 2. The van der Waals surface area contributed by atoms with Crippen molar-refractivity contribution in [2.75, 3.05) is 13.1 Å². The number of rotatable bonds is 8. The van der Waals surface area contributed by atoms with Crippen LogP contribution in [0.5, 0.6) is 0 Å². The molecular weight excluding hydrogens is 372 g/mol. The van der Waals surface area contributed by atoms with E-state index in [9.17, 15) is 13.2 Å². The molecule has 6 heteroatoms. The Balaban J connectivity index is 1.35. The second kappa shape index (κ2) is 9.34. The van der Waals surface area contributed by atoms with Gasteiger partial charge in [0.2, 0.25) is 15.9 Å². The van der Waals surface area contributed by atoms with Crippen LogP contribution in [-0.2, 0) is 27.8 Å². The van der Waals surface area contributed by atoms with Crippen molar-refractivity contribution in [1.82, 2.24) is 9.62 Å². The van der Waals surface area contributed by atoms with Crippen LogP contribution in [0.4, 0.5) is 0 Å². The van der Waals surface area contributed by atoms with Crippen molar-refractivity contribution in [2.24, 2.45) is 0 Å². The molecule has 0 bridgehead atoms. The maximum absolute atomic E-state index is 12.4. The van der Waals surface area contributed by atoms with E-state index in [1.54, 1.807) is 24.3 Å². The van der Waals surface area contributed by atoms with E-state index >= 15 is 0 Å². The van der Waals surface area contributed by atoms with Crippen LogP contribution in [0.25, 0.3) is 0 Å². The average Bonchev–Trinajstić information content (AvgIpc) is 2.70. The van der Waals surface area contributed by atoms with Crippen LogP contribution in [0.3, 0.4) is 0 Å². The number of fused-ring (bicyclic) bond motifs is 1. The Morgan fingerprint density at radius 2 is 1.71 bits per heavy atom. The second-order valence-electron chi connectivity index (χ2n) is 7.36. The Morgan fingerprint density at radius 3 is 2.46 bits per heavy atom. The third-order valence-electron chi connectivity index (χ3n) is 5.17.